The van der Waals surface area contributed by atoms with Crippen molar-refractivity contribution in [3.8, 4) is 11.5 Å². The number of para-hydroxylation sites is 2. The van der Waals surface area contributed by atoms with Gasteiger partial charge in [0.1, 0.15) is 12.7 Å². The molecule has 26 heavy (non-hydrogen) atoms. The van der Waals surface area contributed by atoms with Crippen molar-refractivity contribution in [3.05, 3.63) is 59.7 Å². The molecule has 2 amide bonds. The molecular weight excluding hydrogens is 328 g/mol. The number of rotatable bonds is 4. The van der Waals surface area contributed by atoms with E-state index in [-0.39, 0.29) is 18.2 Å². The number of likely N-dealkylation sites (N-methyl/N-ethyl adjacent to an activating group) is 1. The minimum Gasteiger partial charge on any atom is -0.486 e. The predicted molar refractivity (Wildman–Crippen MR) is 99.8 cm³/mol. The summed E-state index contributed by atoms with van der Waals surface area (Å²) in [5, 5.41) is 3.01. The van der Waals surface area contributed by atoms with Crippen LogP contribution in [0, 0.1) is 0 Å². The molecule has 1 heterocycles. The number of nitrogens with one attached hydrogen (secondary N) is 1. The lowest BCUT2D eigenvalue weighted by Gasteiger charge is -2.27. The molecule has 0 spiro atoms. The Balaban J connectivity index is 1.24. The van der Waals surface area contributed by atoms with Crippen LogP contribution in [-0.4, -0.2) is 43.3 Å². The summed E-state index contributed by atoms with van der Waals surface area (Å²) in [6.45, 7) is 1.08. The minimum atomic E-state index is -0.0359. The highest BCUT2D eigenvalue weighted by Crippen LogP contribution is 2.31. The van der Waals surface area contributed by atoms with E-state index in [0.29, 0.717) is 13.2 Å². The van der Waals surface area contributed by atoms with E-state index in [2.05, 4.69) is 29.6 Å². The fourth-order valence-corrected chi connectivity index (χ4v) is 3.65. The molecule has 0 bridgehead atoms. The van der Waals surface area contributed by atoms with Crippen molar-refractivity contribution in [1.82, 2.24) is 10.2 Å². The van der Waals surface area contributed by atoms with Crippen LogP contribution < -0.4 is 14.8 Å². The van der Waals surface area contributed by atoms with Gasteiger partial charge in [-0.2, -0.15) is 0 Å². The molecule has 4 rings (SSSR count). The second kappa shape index (κ2) is 7.28. The zero-order valence-electron chi connectivity index (χ0n) is 15.0. The fraction of sp³-hybridized carbons (Fsp3) is 0.381. The van der Waals surface area contributed by atoms with Crippen LogP contribution in [0.2, 0.25) is 0 Å². The molecule has 1 aliphatic heterocycles. The molecule has 2 aromatic carbocycles. The van der Waals surface area contributed by atoms with Gasteiger partial charge < -0.3 is 19.7 Å². The van der Waals surface area contributed by atoms with Gasteiger partial charge in [0.15, 0.2) is 11.5 Å². The average molecular weight is 352 g/mol. The van der Waals surface area contributed by atoms with Gasteiger partial charge in [-0.3, -0.25) is 0 Å². The van der Waals surface area contributed by atoms with E-state index >= 15 is 0 Å². The van der Waals surface area contributed by atoms with Crippen LogP contribution in [0.4, 0.5) is 4.79 Å². The summed E-state index contributed by atoms with van der Waals surface area (Å²) in [6, 6.07) is 16.3. The lowest BCUT2D eigenvalue weighted by atomic mass is 10.1. The lowest BCUT2D eigenvalue weighted by molar-refractivity contribution is 0.0848. The molecule has 0 saturated carbocycles. The van der Waals surface area contributed by atoms with E-state index in [0.717, 1.165) is 30.8 Å². The number of amides is 2. The van der Waals surface area contributed by atoms with Gasteiger partial charge in [-0.05, 0) is 36.1 Å². The number of fused-ring (bicyclic) bond motifs is 2. The first-order chi connectivity index (χ1) is 12.7. The van der Waals surface area contributed by atoms with Crippen molar-refractivity contribution in [3.63, 3.8) is 0 Å². The second-order valence-corrected chi connectivity index (χ2v) is 6.96. The van der Waals surface area contributed by atoms with Crippen LogP contribution in [0.1, 0.15) is 17.5 Å². The average Bonchev–Trinajstić information content (AvgIpc) is 3.11. The number of hydrogen-bond donors (Lipinski definition) is 1. The Morgan fingerprint density at radius 1 is 1.08 bits per heavy atom. The highest BCUT2D eigenvalue weighted by molar-refractivity contribution is 5.74. The van der Waals surface area contributed by atoms with Gasteiger partial charge in [0.25, 0.3) is 0 Å². The quantitative estimate of drug-likeness (QED) is 0.920. The van der Waals surface area contributed by atoms with Gasteiger partial charge in [0, 0.05) is 26.1 Å². The Morgan fingerprint density at radius 3 is 2.46 bits per heavy atom. The van der Waals surface area contributed by atoms with Gasteiger partial charge in [-0.25, -0.2) is 4.79 Å². The Morgan fingerprint density at radius 2 is 1.73 bits per heavy atom. The van der Waals surface area contributed by atoms with Gasteiger partial charge in [-0.15, -0.1) is 0 Å². The lowest BCUT2D eigenvalue weighted by Crippen LogP contribution is -2.45. The zero-order chi connectivity index (χ0) is 17.9. The Bertz CT molecular complexity index is 767. The maximum atomic E-state index is 12.5. The van der Waals surface area contributed by atoms with Gasteiger partial charge in [0.2, 0.25) is 0 Å². The normalized spacial score (nSPS) is 18.3. The van der Waals surface area contributed by atoms with E-state index < -0.39 is 0 Å². The number of carbonyl (C=O) groups is 1. The zero-order valence-corrected chi connectivity index (χ0v) is 15.0. The summed E-state index contributed by atoms with van der Waals surface area (Å²) in [5.41, 5.74) is 2.70. The summed E-state index contributed by atoms with van der Waals surface area (Å²) >= 11 is 0. The summed E-state index contributed by atoms with van der Waals surface area (Å²) < 4.78 is 11.6. The molecule has 2 aromatic rings. The smallest absolute Gasteiger partial charge is 0.317 e. The van der Waals surface area contributed by atoms with E-state index in [9.17, 15) is 4.79 Å². The fourth-order valence-electron chi connectivity index (χ4n) is 3.65. The topological polar surface area (TPSA) is 50.8 Å². The summed E-state index contributed by atoms with van der Waals surface area (Å²) in [7, 11) is 1.88. The molecule has 0 radical (unpaired) electrons. The molecule has 1 atom stereocenters. The maximum absolute atomic E-state index is 12.5. The molecule has 0 unspecified atom stereocenters. The Hall–Kier alpha value is -2.69. The highest BCUT2D eigenvalue weighted by Gasteiger charge is 2.27. The molecule has 0 fully saturated rings. The molecule has 5 nitrogen and oxygen atoms in total. The first kappa shape index (κ1) is 16.8. The first-order valence-corrected chi connectivity index (χ1v) is 9.16. The van der Waals surface area contributed by atoms with Gasteiger partial charge in [-0.1, -0.05) is 36.4 Å². The van der Waals surface area contributed by atoms with Gasteiger partial charge in [0.05, 0.1) is 0 Å². The number of nitrogens with zero attached hydrogens (tertiary/aromatic N) is 1. The third kappa shape index (κ3) is 3.47. The number of ether oxygens (including phenoxy) is 2. The number of hydrogen-bond acceptors (Lipinski definition) is 3. The molecule has 136 valence electrons. The number of benzene rings is 2. The van der Waals surface area contributed by atoms with E-state index in [1.807, 2.05) is 36.2 Å². The van der Waals surface area contributed by atoms with Crippen LogP contribution in [0.5, 0.6) is 11.5 Å². The van der Waals surface area contributed by atoms with Crippen molar-refractivity contribution < 1.29 is 14.3 Å². The van der Waals surface area contributed by atoms with Crippen molar-refractivity contribution >= 4 is 6.03 Å². The summed E-state index contributed by atoms with van der Waals surface area (Å²) in [6.07, 6.45) is 2.54. The Kier molecular flexibility index (Phi) is 4.69. The second-order valence-electron chi connectivity index (χ2n) is 6.96. The van der Waals surface area contributed by atoms with Crippen molar-refractivity contribution in [1.29, 1.82) is 0 Å². The van der Waals surface area contributed by atoms with E-state index in [4.69, 9.17) is 9.47 Å². The molecule has 5 heteroatoms. The minimum absolute atomic E-state index is 0.0278. The highest BCUT2D eigenvalue weighted by atomic mass is 16.6. The number of carbonyl (C=O) groups excluding carboxylic acids is 1. The molecular formula is C21H24N2O3. The molecule has 1 aliphatic carbocycles. The van der Waals surface area contributed by atoms with Crippen molar-refractivity contribution in [2.45, 2.75) is 31.4 Å². The maximum Gasteiger partial charge on any atom is 0.317 e. The van der Waals surface area contributed by atoms with Crippen LogP contribution in [-0.2, 0) is 12.8 Å². The largest absolute Gasteiger partial charge is 0.486 e. The van der Waals surface area contributed by atoms with Crippen LogP contribution in [0.15, 0.2) is 48.5 Å². The standard InChI is InChI=1S/C21H24N2O3/c1-23(17-12-15-6-2-3-7-16(15)13-17)21(24)22-11-10-18-14-25-19-8-4-5-9-20(19)26-18/h2-9,17-18H,10-14H2,1H3,(H,22,24)/t18-/m1/s1. The SMILES string of the molecule is CN(C(=O)NCC[C@@H]1COc2ccccc2O1)C1Cc2ccccc2C1. The third-order valence-corrected chi connectivity index (χ3v) is 5.21. The first-order valence-electron chi connectivity index (χ1n) is 9.16. The van der Waals surface area contributed by atoms with E-state index in [1.54, 1.807) is 0 Å². The molecule has 2 aliphatic rings. The monoisotopic (exact) mass is 352 g/mol. The number of urea groups is 1. The van der Waals surface area contributed by atoms with Crippen LogP contribution >= 0.6 is 0 Å². The van der Waals surface area contributed by atoms with Crippen molar-refractivity contribution in [2.24, 2.45) is 0 Å². The van der Waals surface area contributed by atoms with Gasteiger partial charge >= 0.3 is 6.03 Å². The summed E-state index contributed by atoms with van der Waals surface area (Å²) in [4.78, 5) is 14.3. The van der Waals surface area contributed by atoms with Crippen molar-refractivity contribution in [2.75, 3.05) is 20.2 Å². The molecule has 1 N–H and O–H groups in total. The predicted octanol–water partition coefficient (Wildman–Crippen LogP) is 3.03. The van der Waals surface area contributed by atoms with Crippen LogP contribution in [0.25, 0.3) is 0 Å². The molecule has 0 saturated heterocycles. The van der Waals surface area contributed by atoms with Crippen LogP contribution in [0.3, 0.4) is 0 Å². The third-order valence-electron chi connectivity index (χ3n) is 5.21. The Labute approximate surface area is 153 Å². The van der Waals surface area contributed by atoms with E-state index in [1.165, 1.54) is 11.1 Å². The molecule has 0 aromatic heterocycles. The summed E-state index contributed by atoms with van der Waals surface area (Å²) in [5.74, 6) is 1.56.